The van der Waals surface area contributed by atoms with Gasteiger partial charge in [0, 0.05) is 12.6 Å². The van der Waals surface area contributed by atoms with E-state index in [9.17, 15) is 13.2 Å². The van der Waals surface area contributed by atoms with Crippen molar-refractivity contribution < 1.29 is 22.7 Å². The summed E-state index contributed by atoms with van der Waals surface area (Å²) in [6, 6.07) is 14.7. The van der Waals surface area contributed by atoms with Crippen molar-refractivity contribution in [2.45, 2.75) is 50.0 Å². The van der Waals surface area contributed by atoms with Gasteiger partial charge in [0.2, 0.25) is 0 Å². The molecule has 1 aliphatic carbocycles. The maximum absolute atomic E-state index is 13.2. The Bertz CT molecular complexity index is 1220. The Labute approximate surface area is 207 Å². The van der Waals surface area contributed by atoms with Gasteiger partial charge in [0.05, 0.1) is 30.2 Å². The van der Waals surface area contributed by atoms with Gasteiger partial charge < -0.3 is 14.4 Å². The zero-order valence-corrected chi connectivity index (χ0v) is 21.2. The lowest BCUT2D eigenvalue weighted by molar-refractivity contribution is -0.152. The van der Waals surface area contributed by atoms with Crippen LogP contribution < -0.4 is 0 Å². The van der Waals surface area contributed by atoms with Crippen LogP contribution in [0.1, 0.15) is 36.6 Å². The molecule has 186 valence electrons. The summed E-state index contributed by atoms with van der Waals surface area (Å²) in [7, 11) is -3.72. The van der Waals surface area contributed by atoms with E-state index in [0.29, 0.717) is 0 Å². The highest BCUT2D eigenvalue weighted by Crippen LogP contribution is 2.48. The highest BCUT2D eigenvalue weighted by Gasteiger charge is 2.53. The molecule has 4 rings (SSSR count). The van der Waals surface area contributed by atoms with Crippen LogP contribution in [0.25, 0.3) is 0 Å². The predicted octanol–water partition coefficient (Wildman–Crippen LogP) is 3.96. The summed E-state index contributed by atoms with van der Waals surface area (Å²) >= 11 is 0. The van der Waals surface area contributed by atoms with Crippen molar-refractivity contribution in [2.24, 2.45) is 0 Å². The fourth-order valence-corrected chi connectivity index (χ4v) is 6.12. The second-order valence-electron chi connectivity index (χ2n) is 9.29. The number of fused-ring (bicyclic) bond motifs is 3. The van der Waals surface area contributed by atoms with Crippen LogP contribution in [0.3, 0.4) is 0 Å². The lowest BCUT2D eigenvalue weighted by Crippen LogP contribution is -2.46. The smallest absolute Gasteiger partial charge is 0.264 e. The molecule has 0 spiro atoms. The van der Waals surface area contributed by atoms with Crippen LogP contribution >= 0.6 is 0 Å². The van der Waals surface area contributed by atoms with E-state index >= 15 is 0 Å². The molecule has 1 saturated heterocycles. The average Bonchev–Trinajstić information content (AvgIpc) is 3.28. The number of ether oxygens (including phenoxy) is 2. The average molecular weight is 497 g/mol. The Kier molecular flexibility index (Phi) is 7.17. The first-order chi connectivity index (χ1) is 16.6. The molecule has 2 aromatic rings. The van der Waals surface area contributed by atoms with E-state index in [1.807, 2.05) is 32.9 Å². The number of nitrogens with zero attached hydrogens (tertiary/aromatic N) is 2. The van der Waals surface area contributed by atoms with E-state index < -0.39 is 15.7 Å². The second kappa shape index (κ2) is 9.97. The van der Waals surface area contributed by atoms with E-state index in [2.05, 4.69) is 18.7 Å². The van der Waals surface area contributed by atoms with Gasteiger partial charge in [0.25, 0.3) is 15.9 Å². The standard InChI is InChI=1S/C27H32N2O5S/c1-5-15-28(35(31,32)22-13-11-20(2)12-14-22)16-8-17-33-19-25(30)29-26-23-10-7-6-9-21(23)18-24(26)34-27(29,3)4/h5-14,16,24,26H,1,15,17-19H2,2-4H3/b16-8+/t24-,26+/m0/s1. The molecule has 1 heterocycles. The van der Waals surface area contributed by atoms with Crippen LogP contribution in [0, 0.1) is 6.92 Å². The third-order valence-corrected chi connectivity index (χ3v) is 8.12. The number of sulfonamides is 1. The first-order valence-corrected chi connectivity index (χ1v) is 13.1. The lowest BCUT2D eigenvalue weighted by atomic mass is 10.1. The third-order valence-electron chi connectivity index (χ3n) is 6.36. The summed E-state index contributed by atoms with van der Waals surface area (Å²) < 4.78 is 39.0. The van der Waals surface area contributed by atoms with Gasteiger partial charge in [0.1, 0.15) is 12.3 Å². The molecular weight excluding hydrogens is 464 g/mol. The summed E-state index contributed by atoms with van der Waals surface area (Å²) in [6.45, 7) is 9.43. The first kappa shape index (κ1) is 25.2. The fraction of sp³-hybridized carbons (Fsp3) is 0.370. The number of carbonyl (C=O) groups excluding carboxylic acids is 1. The number of rotatable bonds is 9. The van der Waals surface area contributed by atoms with Gasteiger partial charge in [-0.15, -0.1) is 6.58 Å². The van der Waals surface area contributed by atoms with E-state index in [-0.39, 0.29) is 42.7 Å². The Morgan fingerprint density at radius 2 is 1.94 bits per heavy atom. The van der Waals surface area contributed by atoms with Gasteiger partial charge >= 0.3 is 0 Å². The van der Waals surface area contributed by atoms with E-state index in [1.54, 1.807) is 35.2 Å². The largest absolute Gasteiger partial charge is 0.368 e. The number of aryl methyl sites for hydroxylation is 1. The van der Waals surface area contributed by atoms with Crippen LogP contribution in [0.5, 0.6) is 0 Å². The predicted molar refractivity (Wildman–Crippen MR) is 134 cm³/mol. The van der Waals surface area contributed by atoms with Crippen molar-refractivity contribution in [1.29, 1.82) is 0 Å². The number of carbonyl (C=O) groups is 1. The van der Waals surface area contributed by atoms with Gasteiger partial charge in [-0.2, -0.15) is 0 Å². The van der Waals surface area contributed by atoms with E-state index in [1.165, 1.54) is 22.1 Å². The molecule has 7 nitrogen and oxygen atoms in total. The quantitative estimate of drug-likeness (QED) is 0.388. The SMILES string of the molecule is C=CCN(/C=C/COCC(=O)N1[C@@H]2c3ccccc3C[C@@H]2OC1(C)C)S(=O)(=O)c1ccc(C)cc1. The number of hydrogen-bond acceptors (Lipinski definition) is 5. The van der Waals surface area contributed by atoms with Crippen molar-refractivity contribution in [1.82, 2.24) is 9.21 Å². The molecule has 2 atom stereocenters. The van der Waals surface area contributed by atoms with Gasteiger partial charge in [-0.1, -0.05) is 48.0 Å². The van der Waals surface area contributed by atoms with Gasteiger partial charge in [-0.25, -0.2) is 8.42 Å². The molecule has 0 radical (unpaired) electrons. The molecule has 0 bridgehead atoms. The monoisotopic (exact) mass is 496 g/mol. The molecular formula is C27H32N2O5S. The molecule has 2 aromatic carbocycles. The van der Waals surface area contributed by atoms with Crippen LogP contribution in [0.2, 0.25) is 0 Å². The zero-order valence-electron chi connectivity index (χ0n) is 20.4. The van der Waals surface area contributed by atoms with E-state index in [4.69, 9.17) is 9.47 Å². The molecule has 35 heavy (non-hydrogen) atoms. The highest BCUT2D eigenvalue weighted by atomic mass is 32.2. The molecule has 1 fully saturated rings. The summed E-state index contributed by atoms with van der Waals surface area (Å²) in [5.74, 6) is -0.164. The van der Waals surface area contributed by atoms with Gasteiger partial charge in [-0.3, -0.25) is 9.10 Å². The summed E-state index contributed by atoms with van der Waals surface area (Å²) in [5, 5.41) is 0. The second-order valence-corrected chi connectivity index (χ2v) is 11.2. The fourth-order valence-electron chi connectivity index (χ4n) is 4.82. The normalized spacial score (nSPS) is 20.6. The van der Waals surface area contributed by atoms with Crippen LogP contribution in [-0.2, 0) is 30.7 Å². The molecule has 0 N–H and O–H groups in total. The third kappa shape index (κ3) is 5.05. The molecule has 0 saturated carbocycles. The Hall–Kier alpha value is -2.94. The molecule has 1 amide bonds. The Morgan fingerprint density at radius 1 is 1.23 bits per heavy atom. The van der Waals surface area contributed by atoms with Crippen LogP contribution in [0.15, 0.2) is 78.4 Å². The van der Waals surface area contributed by atoms with Crippen molar-refractivity contribution in [3.63, 3.8) is 0 Å². The van der Waals surface area contributed by atoms with Crippen LogP contribution in [-0.4, -0.2) is 55.1 Å². The summed E-state index contributed by atoms with van der Waals surface area (Å²) in [6.07, 6.45) is 5.28. The lowest BCUT2D eigenvalue weighted by Gasteiger charge is -2.33. The maximum atomic E-state index is 13.2. The van der Waals surface area contributed by atoms with Gasteiger partial charge in [-0.05, 0) is 50.1 Å². The molecule has 0 aromatic heterocycles. The van der Waals surface area contributed by atoms with Gasteiger partial charge in [0.15, 0.2) is 0 Å². The minimum Gasteiger partial charge on any atom is -0.368 e. The minimum atomic E-state index is -3.72. The maximum Gasteiger partial charge on any atom is 0.264 e. The summed E-state index contributed by atoms with van der Waals surface area (Å²) in [4.78, 5) is 15.1. The number of hydrogen-bond donors (Lipinski definition) is 0. The number of amides is 1. The van der Waals surface area contributed by atoms with Crippen LogP contribution in [0.4, 0.5) is 0 Å². The summed E-state index contributed by atoms with van der Waals surface area (Å²) in [5.41, 5.74) is 2.57. The molecule has 8 heteroatoms. The minimum absolute atomic E-state index is 0.0642. The molecule has 1 aliphatic heterocycles. The van der Waals surface area contributed by atoms with Crippen molar-refractivity contribution in [3.8, 4) is 0 Å². The number of benzene rings is 2. The Morgan fingerprint density at radius 3 is 2.66 bits per heavy atom. The Balaban J connectivity index is 1.38. The van der Waals surface area contributed by atoms with E-state index in [0.717, 1.165) is 17.5 Å². The van der Waals surface area contributed by atoms with Crippen molar-refractivity contribution in [3.05, 3.63) is 90.2 Å². The first-order valence-electron chi connectivity index (χ1n) is 11.7. The molecule has 0 unspecified atom stereocenters. The topological polar surface area (TPSA) is 76.2 Å². The van der Waals surface area contributed by atoms with Crippen molar-refractivity contribution in [2.75, 3.05) is 19.8 Å². The highest BCUT2D eigenvalue weighted by molar-refractivity contribution is 7.89. The zero-order chi connectivity index (χ0) is 25.2. The van der Waals surface area contributed by atoms with Crippen molar-refractivity contribution >= 4 is 15.9 Å². The molecule has 2 aliphatic rings.